The Hall–Kier alpha value is -3.39. The molecule has 2 heterocycles. The Labute approximate surface area is 189 Å². The van der Waals surface area contributed by atoms with Gasteiger partial charge in [-0.2, -0.15) is 5.26 Å². The molecule has 5 nitrogen and oxygen atoms in total. The molecule has 2 aliphatic rings. The van der Waals surface area contributed by atoms with Crippen LogP contribution in [0.2, 0.25) is 0 Å². The van der Waals surface area contributed by atoms with Gasteiger partial charge < -0.3 is 9.88 Å². The third kappa shape index (κ3) is 3.93. The Morgan fingerprint density at radius 2 is 1.81 bits per heavy atom. The van der Waals surface area contributed by atoms with Crippen molar-refractivity contribution in [3.05, 3.63) is 76.7 Å². The molecule has 5 rings (SSSR count). The number of nitrogens with one attached hydrogen (secondary N) is 1. The number of aromatic nitrogens is 2. The summed E-state index contributed by atoms with van der Waals surface area (Å²) in [6.07, 6.45) is 7.49. The van der Waals surface area contributed by atoms with Crippen LogP contribution in [0.3, 0.4) is 0 Å². The molecule has 0 radical (unpaired) electrons. The lowest BCUT2D eigenvalue weighted by atomic mass is 9.77. The number of aromatic amines is 1. The monoisotopic (exact) mass is 424 g/mol. The van der Waals surface area contributed by atoms with E-state index >= 15 is 0 Å². The molecule has 3 aromatic rings. The number of carbonyl (C=O) groups is 1. The Kier molecular flexibility index (Phi) is 5.53. The summed E-state index contributed by atoms with van der Waals surface area (Å²) in [5, 5.41) is 9.00. The molecule has 1 saturated heterocycles. The van der Waals surface area contributed by atoms with E-state index in [0.29, 0.717) is 17.4 Å². The quantitative estimate of drug-likeness (QED) is 0.597. The average molecular weight is 425 g/mol. The van der Waals surface area contributed by atoms with Crippen LogP contribution in [0.4, 0.5) is 0 Å². The Balaban J connectivity index is 1.33. The Bertz CT molecular complexity index is 1160. The summed E-state index contributed by atoms with van der Waals surface area (Å²) in [5.41, 5.74) is 6.16. The zero-order valence-electron chi connectivity index (χ0n) is 18.5. The second-order valence-corrected chi connectivity index (χ2v) is 9.11. The molecular weight excluding hydrogens is 396 g/mol. The molecule has 2 fully saturated rings. The van der Waals surface area contributed by atoms with Crippen molar-refractivity contribution in [1.82, 2.24) is 14.9 Å². The lowest BCUT2D eigenvalue weighted by Crippen LogP contribution is -2.38. The highest BCUT2D eigenvalue weighted by atomic mass is 16.2. The number of likely N-dealkylation sites (tertiary alicyclic amines) is 1. The molecule has 1 aliphatic heterocycles. The van der Waals surface area contributed by atoms with Crippen molar-refractivity contribution >= 4 is 5.91 Å². The molecule has 0 unspecified atom stereocenters. The van der Waals surface area contributed by atoms with Gasteiger partial charge in [-0.15, -0.1) is 0 Å². The third-order valence-corrected chi connectivity index (χ3v) is 7.13. The van der Waals surface area contributed by atoms with Gasteiger partial charge in [0.15, 0.2) is 0 Å². The van der Waals surface area contributed by atoms with Crippen LogP contribution >= 0.6 is 0 Å². The fourth-order valence-corrected chi connectivity index (χ4v) is 4.98. The van der Waals surface area contributed by atoms with Crippen LogP contribution in [-0.2, 0) is 0 Å². The minimum absolute atomic E-state index is 0.112. The van der Waals surface area contributed by atoms with E-state index in [1.807, 2.05) is 36.2 Å². The van der Waals surface area contributed by atoms with Crippen LogP contribution in [0, 0.1) is 18.3 Å². The first-order valence-corrected chi connectivity index (χ1v) is 11.6. The predicted molar refractivity (Wildman–Crippen MR) is 124 cm³/mol. The summed E-state index contributed by atoms with van der Waals surface area (Å²) in [7, 11) is 0. The summed E-state index contributed by atoms with van der Waals surface area (Å²) in [6, 6.07) is 16.3. The fourth-order valence-electron chi connectivity index (χ4n) is 4.98. The highest BCUT2D eigenvalue weighted by Crippen LogP contribution is 2.41. The molecule has 2 aromatic carbocycles. The van der Waals surface area contributed by atoms with E-state index in [1.165, 1.54) is 30.4 Å². The summed E-state index contributed by atoms with van der Waals surface area (Å²) in [6.45, 7) is 3.47. The minimum Gasteiger partial charge on any atom is -0.342 e. The first kappa shape index (κ1) is 20.5. The number of rotatable bonds is 4. The second kappa shape index (κ2) is 8.63. The molecule has 0 spiro atoms. The van der Waals surface area contributed by atoms with Crippen molar-refractivity contribution in [2.75, 3.05) is 13.1 Å². The normalized spacial score (nSPS) is 17.1. The zero-order valence-corrected chi connectivity index (χ0v) is 18.5. The topological polar surface area (TPSA) is 72.8 Å². The van der Waals surface area contributed by atoms with Gasteiger partial charge in [0.05, 0.1) is 23.5 Å². The number of amides is 1. The van der Waals surface area contributed by atoms with Gasteiger partial charge in [-0.3, -0.25) is 4.79 Å². The summed E-state index contributed by atoms with van der Waals surface area (Å²) >= 11 is 0. The smallest absolute Gasteiger partial charge is 0.253 e. The van der Waals surface area contributed by atoms with Gasteiger partial charge in [-0.1, -0.05) is 24.6 Å². The zero-order chi connectivity index (χ0) is 22.1. The maximum absolute atomic E-state index is 13.3. The Morgan fingerprint density at radius 1 is 1.06 bits per heavy atom. The lowest BCUT2D eigenvalue weighted by Gasteiger charge is -2.33. The van der Waals surface area contributed by atoms with Crippen molar-refractivity contribution in [2.24, 2.45) is 0 Å². The molecule has 0 atom stereocenters. The van der Waals surface area contributed by atoms with E-state index in [4.69, 9.17) is 5.26 Å². The number of piperidine rings is 1. The van der Waals surface area contributed by atoms with Gasteiger partial charge in [-0.05, 0) is 79.8 Å². The molecule has 1 aliphatic carbocycles. The van der Waals surface area contributed by atoms with Gasteiger partial charge in [0.25, 0.3) is 5.91 Å². The summed E-state index contributed by atoms with van der Waals surface area (Å²) in [5.74, 6) is 2.03. The number of benzene rings is 2. The van der Waals surface area contributed by atoms with Crippen molar-refractivity contribution < 1.29 is 4.79 Å². The predicted octanol–water partition coefficient (Wildman–Crippen LogP) is 5.54. The van der Waals surface area contributed by atoms with E-state index in [2.05, 4.69) is 40.3 Å². The standard InChI is InChI=1S/C27H28N4O/c1-18-29-17-26(30-18)25-15-23(9-10-24(25)22-3-2-4-22)27(32)31-13-11-21(12-14-31)20-7-5-19(16-28)6-8-20/h5-10,15,17,21-22H,2-4,11-14H2,1H3,(H,29,30). The number of hydrogen-bond donors (Lipinski definition) is 1. The number of H-pyrrole nitrogens is 1. The van der Waals surface area contributed by atoms with Crippen molar-refractivity contribution in [3.8, 4) is 17.3 Å². The van der Waals surface area contributed by atoms with E-state index in [9.17, 15) is 4.79 Å². The molecule has 1 saturated carbocycles. The number of aryl methyl sites for hydroxylation is 1. The van der Waals surface area contributed by atoms with E-state index in [0.717, 1.165) is 48.6 Å². The highest BCUT2D eigenvalue weighted by Gasteiger charge is 2.27. The molecule has 1 N–H and O–H groups in total. The molecular formula is C27H28N4O. The Morgan fingerprint density at radius 3 is 2.41 bits per heavy atom. The van der Waals surface area contributed by atoms with Crippen LogP contribution in [0.15, 0.2) is 48.7 Å². The van der Waals surface area contributed by atoms with Crippen LogP contribution < -0.4 is 0 Å². The number of nitrogens with zero attached hydrogens (tertiary/aromatic N) is 3. The molecule has 0 bridgehead atoms. The van der Waals surface area contributed by atoms with Crippen LogP contribution in [0.1, 0.15) is 76.8 Å². The lowest BCUT2D eigenvalue weighted by molar-refractivity contribution is 0.0713. The van der Waals surface area contributed by atoms with Gasteiger partial charge in [0.2, 0.25) is 0 Å². The van der Waals surface area contributed by atoms with Gasteiger partial charge >= 0.3 is 0 Å². The van der Waals surface area contributed by atoms with Crippen LogP contribution in [-0.4, -0.2) is 33.9 Å². The number of hydrogen-bond acceptors (Lipinski definition) is 3. The largest absolute Gasteiger partial charge is 0.342 e. The van der Waals surface area contributed by atoms with Crippen LogP contribution in [0.25, 0.3) is 11.3 Å². The van der Waals surface area contributed by atoms with Crippen molar-refractivity contribution in [1.29, 1.82) is 5.26 Å². The van der Waals surface area contributed by atoms with E-state index in [-0.39, 0.29) is 5.91 Å². The van der Waals surface area contributed by atoms with Crippen molar-refractivity contribution in [3.63, 3.8) is 0 Å². The van der Waals surface area contributed by atoms with E-state index in [1.54, 1.807) is 0 Å². The minimum atomic E-state index is 0.112. The van der Waals surface area contributed by atoms with Gasteiger partial charge in [0.1, 0.15) is 5.82 Å². The number of carbonyl (C=O) groups excluding carboxylic acids is 1. The highest BCUT2D eigenvalue weighted by molar-refractivity contribution is 5.95. The second-order valence-electron chi connectivity index (χ2n) is 9.11. The molecule has 32 heavy (non-hydrogen) atoms. The van der Waals surface area contributed by atoms with Gasteiger partial charge in [-0.25, -0.2) is 4.98 Å². The summed E-state index contributed by atoms with van der Waals surface area (Å²) in [4.78, 5) is 23.1. The first-order valence-electron chi connectivity index (χ1n) is 11.6. The summed E-state index contributed by atoms with van der Waals surface area (Å²) < 4.78 is 0. The maximum Gasteiger partial charge on any atom is 0.253 e. The maximum atomic E-state index is 13.3. The third-order valence-electron chi connectivity index (χ3n) is 7.13. The fraction of sp³-hybridized carbons (Fsp3) is 0.370. The van der Waals surface area contributed by atoms with Gasteiger partial charge in [0, 0.05) is 24.2 Å². The number of imidazole rings is 1. The SMILES string of the molecule is Cc1ncc(-c2cc(C(=O)N3CCC(c4ccc(C#N)cc4)CC3)ccc2C2CCC2)[nH]1. The van der Waals surface area contributed by atoms with E-state index < -0.39 is 0 Å². The van der Waals surface area contributed by atoms with Crippen molar-refractivity contribution in [2.45, 2.75) is 50.9 Å². The van der Waals surface area contributed by atoms with Crippen LogP contribution in [0.5, 0.6) is 0 Å². The first-order chi connectivity index (χ1) is 15.6. The molecule has 1 amide bonds. The number of nitriles is 1. The molecule has 5 heteroatoms. The molecule has 162 valence electrons. The molecule has 1 aromatic heterocycles. The average Bonchev–Trinajstić information content (AvgIpc) is 3.24.